The van der Waals surface area contributed by atoms with Gasteiger partial charge in [0.2, 0.25) is 0 Å². The molecular formula is C8H7FO3S. The summed E-state index contributed by atoms with van der Waals surface area (Å²) < 4.78 is 43.0. The van der Waals surface area contributed by atoms with Gasteiger partial charge in [-0.15, -0.1) is 0 Å². The molecule has 13 heavy (non-hydrogen) atoms. The van der Waals surface area contributed by atoms with Crippen molar-refractivity contribution >= 4 is 16.2 Å². The molecule has 0 fully saturated rings. The molecule has 0 saturated heterocycles. The molecule has 0 amide bonds. The second kappa shape index (κ2) is 3.27. The van der Waals surface area contributed by atoms with E-state index in [-0.39, 0.29) is 5.56 Å². The summed E-state index contributed by atoms with van der Waals surface area (Å²) in [5, 5.41) is 0. The first kappa shape index (κ1) is 9.88. The molecule has 0 atom stereocenters. The highest BCUT2D eigenvalue weighted by molar-refractivity contribution is 7.85. The minimum atomic E-state index is -4.49. The van der Waals surface area contributed by atoms with Crippen molar-refractivity contribution in [3.63, 3.8) is 0 Å². The van der Waals surface area contributed by atoms with E-state index in [9.17, 15) is 12.8 Å². The second-order valence-electron chi connectivity index (χ2n) is 2.34. The lowest BCUT2D eigenvalue weighted by Crippen LogP contribution is -2.02. The van der Waals surface area contributed by atoms with Crippen LogP contribution in [0.3, 0.4) is 0 Å². The molecule has 3 nitrogen and oxygen atoms in total. The zero-order valence-corrected chi connectivity index (χ0v) is 7.38. The summed E-state index contributed by atoms with van der Waals surface area (Å²) in [6, 6.07) is 3.66. The fourth-order valence-electron chi connectivity index (χ4n) is 0.885. The van der Waals surface area contributed by atoms with Gasteiger partial charge in [0.1, 0.15) is 4.90 Å². The van der Waals surface area contributed by atoms with Gasteiger partial charge in [-0.2, -0.15) is 8.42 Å². The maximum Gasteiger partial charge on any atom is 0.297 e. The first-order valence-corrected chi connectivity index (χ1v) is 4.79. The third kappa shape index (κ3) is 1.93. The highest BCUT2D eigenvalue weighted by Gasteiger charge is 2.16. The first-order chi connectivity index (χ1) is 5.96. The van der Waals surface area contributed by atoms with Gasteiger partial charge < -0.3 is 0 Å². The minimum Gasteiger partial charge on any atom is -0.282 e. The van der Waals surface area contributed by atoms with Crippen molar-refractivity contribution < 1.29 is 17.4 Å². The van der Waals surface area contributed by atoms with Crippen molar-refractivity contribution in [3.05, 3.63) is 36.2 Å². The third-order valence-corrected chi connectivity index (χ3v) is 2.36. The Kier molecular flexibility index (Phi) is 2.49. The molecule has 1 rings (SSSR count). The molecule has 0 radical (unpaired) electrons. The molecule has 5 heteroatoms. The molecule has 0 aliphatic rings. The van der Waals surface area contributed by atoms with E-state index in [0.717, 1.165) is 6.07 Å². The molecule has 70 valence electrons. The van der Waals surface area contributed by atoms with Crippen molar-refractivity contribution in [3.8, 4) is 0 Å². The number of hydrogen-bond donors (Lipinski definition) is 1. The predicted octanol–water partition coefficient (Wildman–Crippen LogP) is 1.72. The summed E-state index contributed by atoms with van der Waals surface area (Å²) >= 11 is 0. The van der Waals surface area contributed by atoms with E-state index in [1.165, 1.54) is 18.2 Å². The summed E-state index contributed by atoms with van der Waals surface area (Å²) in [5.74, 6) is -0.986. The van der Waals surface area contributed by atoms with Crippen molar-refractivity contribution in [1.29, 1.82) is 0 Å². The first-order valence-electron chi connectivity index (χ1n) is 3.35. The molecule has 0 aliphatic heterocycles. The van der Waals surface area contributed by atoms with Gasteiger partial charge in [-0.1, -0.05) is 24.8 Å². The van der Waals surface area contributed by atoms with Crippen molar-refractivity contribution in [2.24, 2.45) is 0 Å². The lowest BCUT2D eigenvalue weighted by Gasteiger charge is -2.01. The standard InChI is InChI=1S/C8H7FO3S/c1-2-6-4-3-5-7(8(6)9)13(10,11)12/h2-5H,1H2,(H,10,11,12). The molecule has 0 heterocycles. The molecule has 0 unspecified atom stereocenters. The minimum absolute atomic E-state index is 0.0372. The van der Waals surface area contributed by atoms with E-state index < -0.39 is 20.8 Å². The van der Waals surface area contributed by atoms with Gasteiger partial charge in [0, 0.05) is 5.56 Å². The van der Waals surface area contributed by atoms with Gasteiger partial charge >= 0.3 is 0 Å². The fourth-order valence-corrected chi connectivity index (χ4v) is 1.48. The Morgan fingerprint density at radius 1 is 1.46 bits per heavy atom. The topological polar surface area (TPSA) is 54.4 Å². The van der Waals surface area contributed by atoms with Crippen LogP contribution in [0.1, 0.15) is 5.56 Å². The van der Waals surface area contributed by atoms with Crippen molar-refractivity contribution in [1.82, 2.24) is 0 Å². The van der Waals surface area contributed by atoms with Crippen LogP contribution in [0.25, 0.3) is 6.08 Å². The lowest BCUT2D eigenvalue weighted by atomic mass is 10.2. The summed E-state index contributed by atoms with van der Waals surface area (Å²) in [6.45, 7) is 3.30. The molecular weight excluding hydrogens is 195 g/mol. The summed E-state index contributed by atoms with van der Waals surface area (Å²) in [5.41, 5.74) is 0.0372. The van der Waals surface area contributed by atoms with Crippen LogP contribution >= 0.6 is 0 Å². The van der Waals surface area contributed by atoms with E-state index in [0.29, 0.717) is 0 Å². The van der Waals surface area contributed by atoms with E-state index in [4.69, 9.17) is 4.55 Å². The zero-order chi connectivity index (χ0) is 10.1. The van der Waals surface area contributed by atoms with Crippen LogP contribution in [0, 0.1) is 5.82 Å². The van der Waals surface area contributed by atoms with Gasteiger partial charge in [-0.05, 0) is 6.07 Å². The van der Waals surface area contributed by atoms with Gasteiger partial charge in [0.25, 0.3) is 10.1 Å². The molecule has 0 aliphatic carbocycles. The quantitative estimate of drug-likeness (QED) is 0.743. The smallest absolute Gasteiger partial charge is 0.282 e. The van der Waals surface area contributed by atoms with Crippen LogP contribution in [-0.2, 0) is 10.1 Å². The second-order valence-corrected chi connectivity index (χ2v) is 3.73. The van der Waals surface area contributed by atoms with Crippen LogP contribution in [0.5, 0.6) is 0 Å². The van der Waals surface area contributed by atoms with Crippen LogP contribution < -0.4 is 0 Å². The van der Waals surface area contributed by atoms with E-state index in [1.807, 2.05) is 0 Å². The normalized spacial score (nSPS) is 11.2. The molecule has 0 saturated carbocycles. The number of halogens is 1. The predicted molar refractivity (Wildman–Crippen MR) is 46.3 cm³/mol. The Hall–Kier alpha value is -1.20. The largest absolute Gasteiger partial charge is 0.297 e. The van der Waals surface area contributed by atoms with Gasteiger partial charge in [-0.25, -0.2) is 4.39 Å². The van der Waals surface area contributed by atoms with E-state index in [2.05, 4.69) is 6.58 Å². The Morgan fingerprint density at radius 3 is 2.54 bits per heavy atom. The lowest BCUT2D eigenvalue weighted by molar-refractivity contribution is 0.473. The zero-order valence-electron chi connectivity index (χ0n) is 6.57. The van der Waals surface area contributed by atoms with Gasteiger partial charge in [-0.3, -0.25) is 4.55 Å². The van der Waals surface area contributed by atoms with Crippen molar-refractivity contribution in [2.75, 3.05) is 0 Å². The van der Waals surface area contributed by atoms with E-state index >= 15 is 0 Å². The average molecular weight is 202 g/mol. The Bertz CT molecular complexity index is 437. The number of hydrogen-bond acceptors (Lipinski definition) is 2. The molecule has 1 N–H and O–H groups in total. The molecule has 0 bridgehead atoms. The van der Waals surface area contributed by atoms with Gasteiger partial charge in [0.15, 0.2) is 5.82 Å². The van der Waals surface area contributed by atoms with Crippen molar-refractivity contribution in [2.45, 2.75) is 4.90 Å². The maximum absolute atomic E-state index is 13.2. The van der Waals surface area contributed by atoms with Crippen LogP contribution in [0.4, 0.5) is 4.39 Å². The summed E-state index contributed by atoms with van der Waals surface area (Å²) in [4.78, 5) is -0.732. The van der Waals surface area contributed by atoms with Crippen LogP contribution in [0.2, 0.25) is 0 Å². The van der Waals surface area contributed by atoms with E-state index in [1.54, 1.807) is 0 Å². The van der Waals surface area contributed by atoms with Crippen LogP contribution in [0.15, 0.2) is 29.7 Å². The summed E-state index contributed by atoms with van der Waals surface area (Å²) in [7, 11) is -4.49. The monoisotopic (exact) mass is 202 g/mol. The molecule has 1 aromatic carbocycles. The maximum atomic E-state index is 13.2. The Morgan fingerprint density at radius 2 is 2.08 bits per heavy atom. The molecule has 1 aromatic rings. The van der Waals surface area contributed by atoms with Crippen LogP contribution in [-0.4, -0.2) is 13.0 Å². The number of rotatable bonds is 2. The Labute approximate surface area is 75.3 Å². The molecule has 0 spiro atoms. The SMILES string of the molecule is C=Cc1cccc(S(=O)(=O)O)c1F. The Balaban J connectivity index is 3.50. The third-order valence-electron chi connectivity index (χ3n) is 1.49. The number of benzene rings is 1. The fraction of sp³-hybridized carbons (Fsp3) is 0. The highest BCUT2D eigenvalue weighted by atomic mass is 32.2. The summed E-state index contributed by atoms with van der Waals surface area (Å²) in [6.07, 6.45) is 1.17. The average Bonchev–Trinajstić information content (AvgIpc) is 2.02. The molecule has 0 aromatic heterocycles. The highest BCUT2D eigenvalue weighted by Crippen LogP contribution is 2.18. The van der Waals surface area contributed by atoms with Gasteiger partial charge in [0.05, 0.1) is 0 Å².